The van der Waals surface area contributed by atoms with Gasteiger partial charge in [0.1, 0.15) is 0 Å². The van der Waals surface area contributed by atoms with Gasteiger partial charge in [0.2, 0.25) is 5.91 Å². The number of rotatable bonds is 5. The summed E-state index contributed by atoms with van der Waals surface area (Å²) in [7, 11) is 0. The summed E-state index contributed by atoms with van der Waals surface area (Å²) in [5.74, 6) is 0.238. The average Bonchev–Trinajstić information content (AvgIpc) is 2.12. The van der Waals surface area contributed by atoms with E-state index >= 15 is 0 Å². The lowest BCUT2D eigenvalue weighted by Crippen LogP contribution is -2.50. The molecule has 1 atom stereocenters. The molecule has 0 heterocycles. The molecule has 1 aliphatic rings. The van der Waals surface area contributed by atoms with Crippen molar-refractivity contribution >= 4 is 5.91 Å². The van der Waals surface area contributed by atoms with Crippen LogP contribution in [0.1, 0.15) is 40.0 Å². The molecule has 3 heteroatoms. The summed E-state index contributed by atoms with van der Waals surface area (Å²) >= 11 is 0. The van der Waals surface area contributed by atoms with Crippen LogP contribution < -0.4 is 5.32 Å². The summed E-state index contributed by atoms with van der Waals surface area (Å²) < 4.78 is 0. The molecule has 3 nitrogen and oxygen atoms in total. The van der Waals surface area contributed by atoms with Gasteiger partial charge in [-0.1, -0.05) is 6.42 Å². The van der Waals surface area contributed by atoms with Crippen molar-refractivity contribution in [3.63, 3.8) is 0 Å². The van der Waals surface area contributed by atoms with Crippen molar-refractivity contribution in [2.45, 2.75) is 52.1 Å². The predicted molar refractivity (Wildman–Crippen MR) is 58.2 cm³/mol. The van der Waals surface area contributed by atoms with Crippen molar-refractivity contribution in [2.24, 2.45) is 0 Å². The van der Waals surface area contributed by atoms with Crippen molar-refractivity contribution in [1.82, 2.24) is 10.2 Å². The maximum atomic E-state index is 11.8. The zero-order valence-corrected chi connectivity index (χ0v) is 9.55. The molecule has 14 heavy (non-hydrogen) atoms. The second-order valence-electron chi connectivity index (χ2n) is 4.03. The molecule has 1 N–H and O–H groups in total. The Hall–Kier alpha value is -0.570. The quantitative estimate of drug-likeness (QED) is 0.724. The molecular formula is C11H22N2O. The molecule has 1 rings (SSSR count). The Morgan fingerprint density at radius 2 is 2.00 bits per heavy atom. The van der Waals surface area contributed by atoms with Crippen LogP contribution in [0.2, 0.25) is 0 Å². The SMILES string of the molecule is CCN(CC)C(=O)C(C)NC1CCC1. The number of hydrogen-bond donors (Lipinski definition) is 1. The van der Waals surface area contributed by atoms with Crippen molar-refractivity contribution in [1.29, 1.82) is 0 Å². The molecule has 0 aromatic carbocycles. The highest BCUT2D eigenvalue weighted by atomic mass is 16.2. The molecule has 0 aliphatic heterocycles. The van der Waals surface area contributed by atoms with Crippen LogP contribution in [-0.4, -0.2) is 36.0 Å². The number of nitrogens with one attached hydrogen (secondary N) is 1. The molecule has 1 unspecified atom stereocenters. The highest BCUT2D eigenvalue weighted by Gasteiger charge is 2.24. The summed E-state index contributed by atoms with van der Waals surface area (Å²) in [6.07, 6.45) is 3.77. The Labute approximate surface area is 86.9 Å². The largest absolute Gasteiger partial charge is 0.342 e. The summed E-state index contributed by atoms with van der Waals surface area (Å²) in [5.41, 5.74) is 0. The minimum absolute atomic E-state index is 0.0137. The van der Waals surface area contributed by atoms with E-state index in [0.29, 0.717) is 6.04 Å². The third-order valence-electron chi connectivity index (χ3n) is 3.04. The van der Waals surface area contributed by atoms with E-state index < -0.39 is 0 Å². The first kappa shape index (κ1) is 11.5. The van der Waals surface area contributed by atoms with Crippen LogP contribution >= 0.6 is 0 Å². The Balaban J connectivity index is 2.33. The summed E-state index contributed by atoms with van der Waals surface area (Å²) in [6, 6.07) is 0.574. The van der Waals surface area contributed by atoms with Crippen molar-refractivity contribution in [3.8, 4) is 0 Å². The summed E-state index contributed by atoms with van der Waals surface area (Å²) in [4.78, 5) is 13.7. The molecule has 1 aliphatic carbocycles. The molecule has 1 saturated carbocycles. The van der Waals surface area contributed by atoms with E-state index in [1.165, 1.54) is 19.3 Å². The predicted octanol–water partition coefficient (Wildman–Crippen LogP) is 1.39. The normalized spacial score (nSPS) is 18.8. The number of amides is 1. The Morgan fingerprint density at radius 1 is 1.43 bits per heavy atom. The third kappa shape index (κ3) is 2.71. The minimum Gasteiger partial charge on any atom is -0.342 e. The zero-order valence-electron chi connectivity index (χ0n) is 9.55. The van der Waals surface area contributed by atoms with Gasteiger partial charge in [-0.15, -0.1) is 0 Å². The van der Waals surface area contributed by atoms with Gasteiger partial charge < -0.3 is 10.2 Å². The van der Waals surface area contributed by atoms with Crippen LogP contribution in [0.5, 0.6) is 0 Å². The molecule has 0 radical (unpaired) electrons. The van der Waals surface area contributed by atoms with Gasteiger partial charge in [0.05, 0.1) is 6.04 Å². The third-order valence-corrected chi connectivity index (χ3v) is 3.04. The van der Waals surface area contributed by atoms with Gasteiger partial charge >= 0.3 is 0 Å². The number of hydrogen-bond acceptors (Lipinski definition) is 2. The highest BCUT2D eigenvalue weighted by molar-refractivity contribution is 5.81. The average molecular weight is 198 g/mol. The molecule has 0 aromatic rings. The first-order valence-electron chi connectivity index (χ1n) is 5.73. The number of carbonyl (C=O) groups is 1. The molecule has 0 spiro atoms. The van der Waals surface area contributed by atoms with Crippen molar-refractivity contribution in [3.05, 3.63) is 0 Å². The number of likely N-dealkylation sites (N-methyl/N-ethyl adjacent to an activating group) is 1. The van der Waals surface area contributed by atoms with Crippen molar-refractivity contribution < 1.29 is 4.79 Å². The van der Waals surface area contributed by atoms with Gasteiger partial charge in [0.25, 0.3) is 0 Å². The first-order chi connectivity index (χ1) is 6.69. The van der Waals surface area contributed by atoms with Crippen LogP contribution in [0.15, 0.2) is 0 Å². The fourth-order valence-electron chi connectivity index (χ4n) is 1.81. The van der Waals surface area contributed by atoms with Gasteiger partial charge in [-0.25, -0.2) is 0 Å². The van der Waals surface area contributed by atoms with Crippen LogP contribution in [-0.2, 0) is 4.79 Å². The van der Waals surface area contributed by atoms with Gasteiger partial charge in [-0.2, -0.15) is 0 Å². The second-order valence-corrected chi connectivity index (χ2v) is 4.03. The summed E-state index contributed by atoms with van der Waals surface area (Å²) in [6.45, 7) is 7.64. The van der Waals surface area contributed by atoms with Crippen LogP contribution in [0.4, 0.5) is 0 Å². The molecule has 1 amide bonds. The van der Waals surface area contributed by atoms with E-state index in [-0.39, 0.29) is 11.9 Å². The van der Waals surface area contributed by atoms with Crippen LogP contribution in [0.3, 0.4) is 0 Å². The fraction of sp³-hybridized carbons (Fsp3) is 0.909. The van der Waals surface area contributed by atoms with E-state index in [1.54, 1.807) is 0 Å². The van der Waals surface area contributed by atoms with E-state index in [0.717, 1.165) is 13.1 Å². The minimum atomic E-state index is -0.0137. The molecule has 0 saturated heterocycles. The lowest BCUT2D eigenvalue weighted by molar-refractivity contribution is -0.133. The fourth-order valence-corrected chi connectivity index (χ4v) is 1.81. The van der Waals surface area contributed by atoms with Crippen molar-refractivity contribution in [2.75, 3.05) is 13.1 Å². The lowest BCUT2D eigenvalue weighted by atomic mass is 9.92. The van der Waals surface area contributed by atoms with Crippen LogP contribution in [0, 0.1) is 0 Å². The molecule has 82 valence electrons. The maximum Gasteiger partial charge on any atom is 0.239 e. The molecule has 0 aromatic heterocycles. The van der Waals surface area contributed by atoms with E-state index in [2.05, 4.69) is 5.32 Å². The topological polar surface area (TPSA) is 32.3 Å². The van der Waals surface area contributed by atoms with Gasteiger partial charge in [0, 0.05) is 19.1 Å². The Kier molecular flexibility index (Phi) is 4.39. The number of nitrogens with zero attached hydrogens (tertiary/aromatic N) is 1. The smallest absolute Gasteiger partial charge is 0.239 e. The van der Waals surface area contributed by atoms with E-state index in [4.69, 9.17) is 0 Å². The zero-order chi connectivity index (χ0) is 10.6. The van der Waals surface area contributed by atoms with Gasteiger partial charge in [0.15, 0.2) is 0 Å². The Morgan fingerprint density at radius 3 is 2.36 bits per heavy atom. The molecule has 1 fully saturated rings. The van der Waals surface area contributed by atoms with Gasteiger partial charge in [-0.05, 0) is 33.6 Å². The Bertz CT molecular complexity index is 186. The van der Waals surface area contributed by atoms with E-state index in [1.807, 2.05) is 25.7 Å². The van der Waals surface area contributed by atoms with Gasteiger partial charge in [-0.3, -0.25) is 4.79 Å². The molecule has 0 bridgehead atoms. The number of carbonyl (C=O) groups excluding carboxylic acids is 1. The standard InChI is InChI=1S/C11H22N2O/c1-4-13(5-2)11(14)9(3)12-10-7-6-8-10/h9-10,12H,4-8H2,1-3H3. The highest BCUT2D eigenvalue weighted by Crippen LogP contribution is 2.18. The maximum absolute atomic E-state index is 11.8. The molecular weight excluding hydrogens is 176 g/mol. The first-order valence-corrected chi connectivity index (χ1v) is 5.73. The second kappa shape index (κ2) is 5.35. The monoisotopic (exact) mass is 198 g/mol. The lowest BCUT2D eigenvalue weighted by Gasteiger charge is -2.31. The van der Waals surface area contributed by atoms with E-state index in [9.17, 15) is 4.79 Å². The van der Waals surface area contributed by atoms with Crippen LogP contribution in [0.25, 0.3) is 0 Å². The summed E-state index contributed by atoms with van der Waals surface area (Å²) in [5, 5.41) is 3.37.